The molecule has 0 spiro atoms. The number of halogens is 4. The molecule has 0 saturated heterocycles. The number of nitrogens with two attached hydrogens (primary N) is 1. The highest BCUT2D eigenvalue weighted by Crippen LogP contribution is 2.30. The van der Waals surface area contributed by atoms with Gasteiger partial charge in [0.2, 0.25) is 0 Å². The number of alkyl halides is 3. The second kappa shape index (κ2) is 6.58. The van der Waals surface area contributed by atoms with Crippen LogP contribution in [0.25, 0.3) is 0 Å². The molecule has 0 amide bonds. The zero-order valence-electron chi connectivity index (χ0n) is 10.6. The Labute approximate surface area is 118 Å². The molecule has 2 N–H and O–H groups in total. The first-order valence-corrected chi connectivity index (χ1v) is 6.28. The van der Waals surface area contributed by atoms with Gasteiger partial charge in [-0.2, -0.15) is 13.2 Å². The maximum atomic E-state index is 12.0. The van der Waals surface area contributed by atoms with Gasteiger partial charge in [0.05, 0.1) is 19.8 Å². The molecule has 3 nitrogen and oxygen atoms in total. The fourth-order valence-electron chi connectivity index (χ4n) is 1.53. The van der Waals surface area contributed by atoms with Gasteiger partial charge in [-0.05, 0) is 24.6 Å². The lowest BCUT2D eigenvalue weighted by Gasteiger charge is -2.18. The third kappa shape index (κ3) is 5.00. The second-order valence-electron chi connectivity index (χ2n) is 4.08. The van der Waals surface area contributed by atoms with E-state index in [0.717, 1.165) is 10.0 Å². The highest BCUT2D eigenvalue weighted by Gasteiger charge is 2.28. The Morgan fingerprint density at radius 1 is 1.37 bits per heavy atom. The van der Waals surface area contributed by atoms with Gasteiger partial charge in [0.25, 0.3) is 0 Å². The summed E-state index contributed by atoms with van der Waals surface area (Å²) in [5, 5.41) is 0. The zero-order chi connectivity index (χ0) is 14.6. The molecule has 1 atom stereocenters. The fraction of sp³-hybridized carbons (Fsp3) is 0.500. The highest BCUT2D eigenvalue weighted by molar-refractivity contribution is 9.10. The van der Waals surface area contributed by atoms with E-state index in [1.807, 2.05) is 6.92 Å². The minimum atomic E-state index is -4.35. The van der Waals surface area contributed by atoms with Gasteiger partial charge < -0.3 is 15.2 Å². The molecule has 1 unspecified atom stereocenters. The number of hydrogen-bond donors (Lipinski definition) is 1. The van der Waals surface area contributed by atoms with Crippen molar-refractivity contribution in [1.29, 1.82) is 0 Å². The molecule has 1 rings (SSSR count). The van der Waals surface area contributed by atoms with Gasteiger partial charge in [0.1, 0.15) is 12.4 Å². The first-order valence-electron chi connectivity index (χ1n) is 5.48. The quantitative estimate of drug-likeness (QED) is 0.893. The summed E-state index contributed by atoms with van der Waals surface area (Å²) in [5.74, 6) is 0.531. The standard InChI is InChI=1S/C12H15BrF3NO2/c1-7-3-11(18-2)8(4-9(7)13)10(17)5-19-6-12(14,15)16/h3-4,10H,5-6,17H2,1-2H3. The number of hydrogen-bond acceptors (Lipinski definition) is 3. The van der Waals surface area contributed by atoms with Gasteiger partial charge in [-0.1, -0.05) is 15.9 Å². The molecular formula is C12H15BrF3NO2. The molecule has 1 aromatic rings. The molecule has 19 heavy (non-hydrogen) atoms. The molecule has 0 aliphatic heterocycles. The summed E-state index contributed by atoms with van der Waals surface area (Å²) in [6.07, 6.45) is -4.35. The van der Waals surface area contributed by atoms with Crippen LogP contribution in [-0.2, 0) is 4.74 Å². The Kier molecular flexibility index (Phi) is 5.64. The molecule has 108 valence electrons. The Morgan fingerprint density at radius 3 is 2.53 bits per heavy atom. The van der Waals surface area contributed by atoms with Crippen molar-refractivity contribution in [2.75, 3.05) is 20.3 Å². The van der Waals surface area contributed by atoms with Crippen LogP contribution in [0.4, 0.5) is 13.2 Å². The van der Waals surface area contributed by atoms with Crippen LogP contribution < -0.4 is 10.5 Å². The monoisotopic (exact) mass is 341 g/mol. The zero-order valence-corrected chi connectivity index (χ0v) is 12.1. The predicted octanol–water partition coefficient (Wildman–Crippen LogP) is 3.34. The molecule has 0 aromatic heterocycles. The van der Waals surface area contributed by atoms with E-state index in [1.54, 1.807) is 12.1 Å². The normalized spacial score (nSPS) is 13.4. The van der Waals surface area contributed by atoms with Crippen molar-refractivity contribution in [3.8, 4) is 5.75 Å². The SMILES string of the molecule is COc1cc(C)c(Br)cc1C(N)COCC(F)(F)F. The molecular weight excluding hydrogens is 327 g/mol. The number of methoxy groups -OCH3 is 1. The Balaban J connectivity index is 2.76. The van der Waals surface area contributed by atoms with Crippen LogP contribution in [0.15, 0.2) is 16.6 Å². The van der Waals surface area contributed by atoms with Gasteiger partial charge in [-0.25, -0.2) is 0 Å². The molecule has 0 fully saturated rings. The van der Waals surface area contributed by atoms with E-state index in [0.29, 0.717) is 11.3 Å². The van der Waals surface area contributed by atoms with Crippen molar-refractivity contribution in [2.24, 2.45) is 5.73 Å². The van der Waals surface area contributed by atoms with Crippen molar-refractivity contribution in [3.63, 3.8) is 0 Å². The lowest BCUT2D eigenvalue weighted by atomic mass is 10.0. The van der Waals surface area contributed by atoms with Crippen LogP contribution in [0.2, 0.25) is 0 Å². The van der Waals surface area contributed by atoms with Gasteiger partial charge in [0, 0.05) is 10.0 Å². The van der Waals surface area contributed by atoms with E-state index < -0.39 is 18.8 Å². The topological polar surface area (TPSA) is 44.5 Å². The largest absolute Gasteiger partial charge is 0.496 e. The van der Waals surface area contributed by atoms with Gasteiger partial charge in [0.15, 0.2) is 0 Å². The third-order valence-electron chi connectivity index (χ3n) is 2.47. The molecule has 0 aliphatic rings. The van der Waals surface area contributed by atoms with Crippen molar-refractivity contribution >= 4 is 15.9 Å². The maximum absolute atomic E-state index is 12.0. The minimum absolute atomic E-state index is 0.231. The summed E-state index contributed by atoms with van der Waals surface area (Å²) in [6, 6.07) is 2.81. The van der Waals surface area contributed by atoms with Gasteiger partial charge >= 0.3 is 6.18 Å². The highest BCUT2D eigenvalue weighted by atomic mass is 79.9. The number of ether oxygens (including phenoxy) is 2. The lowest BCUT2D eigenvalue weighted by molar-refractivity contribution is -0.174. The van der Waals surface area contributed by atoms with Crippen molar-refractivity contribution in [3.05, 3.63) is 27.7 Å². The summed E-state index contributed by atoms with van der Waals surface area (Å²) in [7, 11) is 1.48. The summed E-state index contributed by atoms with van der Waals surface area (Å²) in [6.45, 7) is 0.337. The number of aryl methyl sites for hydroxylation is 1. The minimum Gasteiger partial charge on any atom is -0.496 e. The first kappa shape index (κ1) is 16.3. The van der Waals surface area contributed by atoms with Crippen LogP contribution in [-0.4, -0.2) is 26.5 Å². The third-order valence-corrected chi connectivity index (χ3v) is 3.33. The second-order valence-corrected chi connectivity index (χ2v) is 4.93. The van der Waals surface area contributed by atoms with Crippen LogP contribution in [0, 0.1) is 6.92 Å². The Bertz CT molecular complexity index is 438. The molecule has 0 heterocycles. The molecule has 0 saturated carbocycles. The maximum Gasteiger partial charge on any atom is 0.411 e. The average molecular weight is 342 g/mol. The van der Waals surface area contributed by atoms with Crippen LogP contribution in [0.5, 0.6) is 5.75 Å². The van der Waals surface area contributed by atoms with E-state index in [2.05, 4.69) is 20.7 Å². The molecule has 0 aliphatic carbocycles. The van der Waals surface area contributed by atoms with Crippen molar-refractivity contribution in [2.45, 2.75) is 19.1 Å². The Hall–Kier alpha value is -0.790. The number of benzene rings is 1. The van der Waals surface area contributed by atoms with Crippen LogP contribution in [0.1, 0.15) is 17.2 Å². The molecule has 1 aromatic carbocycles. The number of rotatable bonds is 5. The van der Waals surface area contributed by atoms with Gasteiger partial charge in [-0.3, -0.25) is 0 Å². The lowest BCUT2D eigenvalue weighted by Crippen LogP contribution is -2.23. The van der Waals surface area contributed by atoms with Crippen LogP contribution >= 0.6 is 15.9 Å². The van der Waals surface area contributed by atoms with E-state index in [9.17, 15) is 13.2 Å². The summed E-state index contributed by atoms with van der Waals surface area (Å²) in [4.78, 5) is 0. The van der Waals surface area contributed by atoms with E-state index >= 15 is 0 Å². The van der Waals surface area contributed by atoms with E-state index in [4.69, 9.17) is 10.5 Å². The summed E-state index contributed by atoms with van der Waals surface area (Å²) >= 11 is 3.35. The predicted molar refractivity (Wildman–Crippen MR) is 69.2 cm³/mol. The molecule has 0 radical (unpaired) electrons. The van der Waals surface area contributed by atoms with Gasteiger partial charge in [-0.15, -0.1) is 0 Å². The van der Waals surface area contributed by atoms with Crippen molar-refractivity contribution in [1.82, 2.24) is 0 Å². The average Bonchev–Trinajstić information content (AvgIpc) is 2.30. The molecule has 0 bridgehead atoms. The van der Waals surface area contributed by atoms with Crippen molar-refractivity contribution < 1.29 is 22.6 Å². The summed E-state index contributed by atoms with van der Waals surface area (Å²) < 4.78 is 46.5. The Morgan fingerprint density at radius 2 is 2.00 bits per heavy atom. The fourth-order valence-corrected chi connectivity index (χ4v) is 1.89. The van der Waals surface area contributed by atoms with E-state index in [-0.39, 0.29) is 6.61 Å². The molecule has 7 heteroatoms. The smallest absolute Gasteiger partial charge is 0.411 e. The van der Waals surface area contributed by atoms with E-state index in [1.165, 1.54) is 7.11 Å². The van der Waals surface area contributed by atoms with Crippen LogP contribution in [0.3, 0.4) is 0 Å². The summed E-state index contributed by atoms with van der Waals surface area (Å²) in [5.41, 5.74) is 7.37. The first-order chi connectivity index (χ1) is 8.74.